The van der Waals surface area contributed by atoms with Crippen molar-refractivity contribution < 1.29 is 0 Å². The average molecular weight is 384 g/mol. The molecule has 0 unspecified atom stereocenters. The maximum atomic E-state index is 4.94. The van der Waals surface area contributed by atoms with Crippen molar-refractivity contribution in [3.05, 3.63) is 97.1 Å². The van der Waals surface area contributed by atoms with Gasteiger partial charge in [-0.1, -0.05) is 60.7 Å². The van der Waals surface area contributed by atoms with Crippen LogP contribution in [0.5, 0.6) is 0 Å². The lowest BCUT2D eigenvalue weighted by atomic mass is 10.1. The van der Waals surface area contributed by atoms with Crippen LogP contribution in [-0.4, -0.2) is 19.9 Å². The number of benzene rings is 3. The van der Waals surface area contributed by atoms with E-state index >= 15 is 0 Å². The molecule has 3 heterocycles. The number of nitrogens with zero attached hydrogens (tertiary/aromatic N) is 4. The summed E-state index contributed by atoms with van der Waals surface area (Å²) in [6, 6.07) is 32.2. The standard InChI is InChI=1S/C26H16N4/c1-3-9-19-17(7-1)13-15-23(27-19)25-26(30-22-12-6-5-11-21(22)29-25)24-16-14-18-8-2-4-10-20(18)28-24/h1-16H. The predicted molar refractivity (Wildman–Crippen MR) is 121 cm³/mol. The van der Waals surface area contributed by atoms with E-state index in [9.17, 15) is 0 Å². The van der Waals surface area contributed by atoms with Gasteiger partial charge >= 0.3 is 0 Å². The van der Waals surface area contributed by atoms with Crippen LogP contribution < -0.4 is 0 Å². The molecule has 0 aliphatic rings. The first-order valence-electron chi connectivity index (χ1n) is 9.84. The molecule has 0 aliphatic carbocycles. The maximum absolute atomic E-state index is 4.94. The van der Waals surface area contributed by atoms with Crippen molar-refractivity contribution in [1.29, 1.82) is 0 Å². The molecule has 6 rings (SSSR count). The van der Waals surface area contributed by atoms with Crippen LogP contribution >= 0.6 is 0 Å². The molecular formula is C26H16N4. The lowest BCUT2D eigenvalue weighted by molar-refractivity contribution is 1.23. The van der Waals surface area contributed by atoms with Crippen molar-refractivity contribution in [2.24, 2.45) is 0 Å². The highest BCUT2D eigenvalue weighted by molar-refractivity contribution is 5.89. The van der Waals surface area contributed by atoms with Crippen molar-refractivity contribution in [2.45, 2.75) is 0 Å². The summed E-state index contributed by atoms with van der Waals surface area (Å²) < 4.78 is 0. The van der Waals surface area contributed by atoms with E-state index in [0.717, 1.165) is 55.6 Å². The van der Waals surface area contributed by atoms with Crippen LogP contribution in [0.15, 0.2) is 97.1 Å². The summed E-state index contributed by atoms with van der Waals surface area (Å²) in [4.78, 5) is 19.6. The van der Waals surface area contributed by atoms with E-state index in [1.165, 1.54) is 0 Å². The number of hydrogen-bond donors (Lipinski definition) is 0. The van der Waals surface area contributed by atoms with Gasteiger partial charge in [0.05, 0.1) is 33.5 Å². The van der Waals surface area contributed by atoms with E-state index in [-0.39, 0.29) is 0 Å². The molecule has 0 aliphatic heterocycles. The average Bonchev–Trinajstić information content (AvgIpc) is 2.82. The molecule has 0 bridgehead atoms. The fourth-order valence-corrected chi connectivity index (χ4v) is 3.75. The molecule has 6 aromatic rings. The first-order chi connectivity index (χ1) is 14.8. The Morgan fingerprint density at radius 3 is 1.20 bits per heavy atom. The van der Waals surface area contributed by atoms with Gasteiger partial charge in [-0.2, -0.15) is 0 Å². The minimum atomic E-state index is 0.738. The van der Waals surface area contributed by atoms with Crippen LogP contribution in [0.4, 0.5) is 0 Å². The summed E-state index contributed by atoms with van der Waals surface area (Å²) in [6.45, 7) is 0. The summed E-state index contributed by atoms with van der Waals surface area (Å²) in [5, 5.41) is 2.20. The molecule has 3 aromatic carbocycles. The molecule has 140 valence electrons. The van der Waals surface area contributed by atoms with Crippen LogP contribution in [0.2, 0.25) is 0 Å². The van der Waals surface area contributed by atoms with E-state index in [0.29, 0.717) is 0 Å². The summed E-state index contributed by atoms with van der Waals surface area (Å²) >= 11 is 0. The summed E-state index contributed by atoms with van der Waals surface area (Å²) in [7, 11) is 0. The Morgan fingerprint density at radius 2 is 0.733 bits per heavy atom. The SMILES string of the molecule is c1ccc2nc(-c3nc4ccccc4nc3-c3ccc4ccccc4n3)ccc2c1. The first-order valence-corrected chi connectivity index (χ1v) is 9.84. The van der Waals surface area contributed by atoms with Crippen molar-refractivity contribution in [3.63, 3.8) is 0 Å². The Morgan fingerprint density at radius 1 is 0.333 bits per heavy atom. The van der Waals surface area contributed by atoms with Gasteiger partial charge in [0.1, 0.15) is 11.4 Å². The van der Waals surface area contributed by atoms with Crippen LogP contribution in [0, 0.1) is 0 Å². The third kappa shape index (κ3) is 2.78. The fourth-order valence-electron chi connectivity index (χ4n) is 3.75. The maximum Gasteiger partial charge on any atom is 0.117 e. The van der Waals surface area contributed by atoms with Gasteiger partial charge in [-0.25, -0.2) is 19.9 Å². The summed E-state index contributed by atoms with van der Waals surface area (Å²) in [6.07, 6.45) is 0. The molecule has 0 radical (unpaired) electrons. The van der Waals surface area contributed by atoms with Gasteiger partial charge in [-0.05, 0) is 36.4 Å². The molecule has 0 amide bonds. The fraction of sp³-hybridized carbons (Fsp3) is 0. The second kappa shape index (κ2) is 6.71. The zero-order chi connectivity index (χ0) is 19.9. The largest absolute Gasteiger partial charge is 0.246 e. The zero-order valence-electron chi connectivity index (χ0n) is 16.0. The van der Waals surface area contributed by atoms with E-state index < -0.39 is 0 Å². The van der Waals surface area contributed by atoms with Gasteiger partial charge in [0.15, 0.2) is 0 Å². The highest BCUT2D eigenvalue weighted by Crippen LogP contribution is 2.31. The number of aromatic nitrogens is 4. The number of hydrogen-bond acceptors (Lipinski definition) is 4. The highest BCUT2D eigenvalue weighted by Gasteiger charge is 2.16. The predicted octanol–water partition coefficient (Wildman–Crippen LogP) is 6.06. The van der Waals surface area contributed by atoms with Crippen molar-refractivity contribution in [2.75, 3.05) is 0 Å². The Kier molecular flexibility index (Phi) is 3.74. The van der Waals surface area contributed by atoms with Gasteiger partial charge in [-0.3, -0.25) is 0 Å². The molecule has 0 spiro atoms. The minimum Gasteiger partial charge on any atom is -0.246 e. The first kappa shape index (κ1) is 16.7. The van der Waals surface area contributed by atoms with Crippen LogP contribution in [0.1, 0.15) is 0 Å². The quantitative estimate of drug-likeness (QED) is 0.364. The number of pyridine rings is 2. The zero-order valence-corrected chi connectivity index (χ0v) is 16.0. The lowest BCUT2D eigenvalue weighted by Crippen LogP contribution is -1.98. The van der Waals surface area contributed by atoms with Gasteiger partial charge in [0, 0.05) is 10.8 Å². The third-order valence-corrected chi connectivity index (χ3v) is 5.25. The van der Waals surface area contributed by atoms with E-state index in [1.807, 2.05) is 72.8 Å². The van der Waals surface area contributed by atoms with E-state index in [4.69, 9.17) is 19.9 Å². The molecule has 0 saturated heterocycles. The normalized spacial score (nSPS) is 11.3. The van der Waals surface area contributed by atoms with Crippen molar-refractivity contribution in [3.8, 4) is 22.8 Å². The molecule has 0 fully saturated rings. The molecular weight excluding hydrogens is 368 g/mol. The number of rotatable bonds is 2. The summed E-state index contributed by atoms with van der Waals surface area (Å²) in [5.41, 5.74) is 6.60. The van der Waals surface area contributed by atoms with Crippen LogP contribution in [-0.2, 0) is 0 Å². The molecule has 30 heavy (non-hydrogen) atoms. The Balaban J connectivity index is 1.64. The van der Waals surface area contributed by atoms with Gasteiger partial charge in [-0.15, -0.1) is 0 Å². The van der Waals surface area contributed by atoms with Crippen molar-refractivity contribution >= 4 is 32.8 Å². The molecule has 0 saturated carbocycles. The molecule has 4 nitrogen and oxygen atoms in total. The second-order valence-electron chi connectivity index (χ2n) is 7.19. The Bertz CT molecular complexity index is 1440. The molecule has 3 aromatic heterocycles. The molecule has 4 heteroatoms. The van der Waals surface area contributed by atoms with Crippen LogP contribution in [0.25, 0.3) is 55.6 Å². The topological polar surface area (TPSA) is 51.6 Å². The van der Waals surface area contributed by atoms with E-state index in [1.54, 1.807) is 0 Å². The number of fused-ring (bicyclic) bond motifs is 3. The lowest BCUT2D eigenvalue weighted by Gasteiger charge is -2.11. The smallest absolute Gasteiger partial charge is 0.117 e. The summed E-state index contributed by atoms with van der Waals surface area (Å²) in [5.74, 6) is 0. The molecule has 0 N–H and O–H groups in total. The van der Waals surface area contributed by atoms with Gasteiger partial charge in [0.25, 0.3) is 0 Å². The second-order valence-corrected chi connectivity index (χ2v) is 7.19. The van der Waals surface area contributed by atoms with E-state index in [2.05, 4.69) is 24.3 Å². The number of para-hydroxylation sites is 4. The molecule has 0 atom stereocenters. The Labute approximate surface area is 172 Å². The monoisotopic (exact) mass is 384 g/mol. The Hall–Kier alpha value is -4.18. The minimum absolute atomic E-state index is 0.738. The van der Waals surface area contributed by atoms with Crippen molar-refractivity contribution in [1.82, 2.24) is 19.9 Å². The van der Waals surface area contributed by atoms with Gasteiger partial charge < -0.3 is 0 Å². The third-order valence-electron chi connectivity index (χ3n) is 5.25. The van der Waals surface area contributed by atoms with Crippen LogP contribution in [0.3, 0.4) is 0 Å². The van der Waals surface area contributed by atoms with Gasteiger partial charge in [0.2, 0.25) is 0 Å². The highest BCUT2D eigenvalue weighted by atomic mass is 14.9.